The zero-order chi connectivity index (χ0) is 21.9. The van der Waals surface area contributed by atoms with E-state index in [1.165, 1.54) is 32.1 Å². The number of hydrogen-bond donors (Lipinski definition) is 2. The van der Waals surface area contributed by atoms with Crippen LogP contribution in [0.3, 0.4) is 0 Å². The van der Waals surface area contributed by atoms with E-state index in [2.05, 4.69) is 13.8 Å². The summed E-state index contributed by atoms with van der Waals surface area (Å²) in [7, 11) is 0. The maximum atomic E-state index is 12.6. The summed E-state index contributed by atoms with van der Waals surface area (Å²) in [5.74, 6) is 3.33. The van der Waals surface area contributed by atoms with Crippen LogP contribution in [0, 0.1) is 40.4 Å². The third-order valence-corrected chi connectivity index (χ3v) is 10.6. The topological polar surface area (TPSA) is 40.5 Å². The van der Waals surface area contributed by atoms with Crippen molar-refractivity contribution < 1.29 is 23.4 Å². The van der Waals surface area contributed by atoms with Crippen LogP contribution in [0.4, 0.5) is 13.2 Å². The molecule has 0 aromatic carbocycles. The Labute approximate surface area is 180 Å². The van der Waals surface area contributed by atoms with Gasteiger partial charge in [-0.3, -0.25) is 0 Å². The van der Waals surface area contributed by atoms with Crippen LogP contribution in [-0.2, 0) is 0 Å². The van der Waals surface area contributed by atoms with E-state index in [-0.39, 0.29) is 11.8 Å². The highest BCUT2D eigenvalue weighted by molar-refractivity contribution is 5.10. The lowest BCUT2D eigenvalue weighted by Crippen LogP contribution is -2.55. The highest BCUT2D eigenvalue weighted by atomic mass is 19.4. The second kappa shape index (κ2) is 7.64. The SMILES string of the molecule is CC12CC[C@](C)(O)CC1CCC1C2CCC2(C)[C@@H](CCCC(O)C(F)(F)F)CC[C@@H]12. The van der Waals surface area contributed by atoms with Crippen LogP contribution in [0.25, 0.3) is 0 Å². The Morgan fingerprint density at radius 2 is 1.60 bits per heavy atom. The van der Waals surface area contributed by atoms with Crippen molar-refractivity contribution in [2.75, 3.05) is 0 Å². The van der Waals surface area contributed by atoms with E-state index in [9.17, 15) is 23.4 Å². The van der Waals surface area contributed by atoms with Gasteiger partial charge in [-0.2, -0.15) is 13.2 Å². The van der Waals surface area contributed by atoms with E-state index in [4.69, 9.17) is 0 Å². The van der Waals surface area contributed by atoms with Gasteiger partial charge in [-0.05, 0) is 118 Å². The van der Waals surface area contributed by atoms with Crippen molar-refractivity contribution >= 4 is 0 Å². The number of aliphatic hydroxyl groups is 2. The Morgan fingerprint density at radius 1 is 0.900 bits per heavy atom. The molecule has 0 heterocycles. The fourth-order valence-corrected chi connectivity index (χ4v) is 8.74. The molecule has 5 heteroatoms. The Balaban J connectivity index is 1.42. The lowest BCUT2D eigenvalue weighted by atomic mass is 9.44. The van der Waals surface area contributed by atoms with Gasteiger partial charge in [0.25, 0.3) is 0 Å². The van der Waals surface area contributed by atoms with Crippen LogP contribution >= 0.6 is 0 Å². The summed E-state index contributed by atoms with van der Waals surface area (Å²) in [4.78, 5) is 0. The minimum Gasteiger partial charge on any atom is -0.390 e. The third kappa shape index (κ3) is 3.84. The smallest absolute Gasteiger partial charge is 0.390 e. The summed E-state index contributed by atoms with van der Waals surface area (Å²) in [6.07, 6.45) is 4.76. The summed E-state index contributed by atoms with van der Waals surface area (Å²) in [6.45, 7) is 6.93. The molecule has 2 nitrogen and oxygen atoms in total. The van der Waals surface area contributed by atoms with Crippen LogP contribution < -0.4 is 0 Å². The molecular weight excluding hydrogens is 389 g/mol. The highest BCUT2D eigenvalue weighted by Gasteiger charge is 2.60. The van der Waals surface area contributed by atoms with E-state index in [0.29, 0.717) is 29.6 Å². The average molecular weight is 431 g/mol. The quantitative estimate of drug-likeness (QED) is 0.535. The summed E-state index contributed by atoms with van der Waals surface area (Å²) >= 11 is 0. The van der Waals surface area contributed by atoms with Gasteiger partial charge in [0, 0.05) is 0 Å². The monoisotopic (exact) mass is 430 g/mol. The standard InChI is InChI=1S/C25H41F3O2/c1-22(30)13-14-24(3)17(15-22)7-9-18-19-10-8-16(23(19,2)12-11-20(18)24)5-4-6-21(29)25(26,27)28/h16-21,29-30H,4-15H2,1-3H3/t16-,17?,18?,19-,20?,21?,22-,23?,24?/m0/s1. The van der Waals surface area contributed by atoms with Gasteiger partial charge in [-0.25, -0.2) is 0 Å². The predicted octanol–water partition coefficient (Wildman–Crippen LogP) is 6.49. The molecule has 4 saturated carbocycles. The maximum Gasteiger partial charge on any atom is 0.414 e. The molecule has 9 atom stereocenters. The van der Waals surface area contributed by atoms with E-state index < -0.39 is 17.9 Å². The summed E-state index contributed by atoms with van der Waals surface area (Å²) in [5, 5.41) is 20.0. The molecule has 4 aliphatic carbocycles. The van der Waals surface area contributed by atoms with Gasteiger partial charge < -0.3 is 10.2 Å². The molecule has 30 heavy (non-hydrogen) atoms. The fraction of sp³-hybridized carbons (Fsp3) is 1.00. The van der Waals surface area contributed by atoms with Crippen molar-refractivity contribution in [3.8, 4) is 0 Å². The van der Waals surface area contributed by atoms with Crippen molar-refractivity contribution in [1.29, 1.82) is 0 Å². The Kier molecular flexibility index (Phi) is 5.83. The molecule has 0 aromatic heterocycles. The molecular formula is C25H41F3O2. The number of aliphatic hydroxyl groups excluding tert-OH is 1. The molecule has 0 amide bonds. The average Bonchev–Trinajstić information content (AvgIpc) is 2.98. The Bertz CT molecular complexity index is 632. The number of rotatable bonds is 4. The Morgan fingerprint density at radius 3 is 2.30 bits per heavy atom. The first-order valence-electron chi connectivity index (χ1n) is 12.3. The summed E-state index contributed by atoms with van der Waals surface area (Å²) in [6, 6.07) is 0. The molecule has 0 radical (unpaired) electrons. The molecule has 174 valence electrons. The van der Waals surface area contributed by atoms with E-state index >= 15 is 0 Å². The first kappa shape index (κ1) is 22.9. The van der Waals surface area contributed by atoms with Crippen molar-refractivity contribution in [3.63, 3.8) is 0 Å². The van der Waals surface area contributed by atoms with Crippen LogP contribution in [0.15, 0.2) is 0 Å². The van der Waals surface area contributed by atoms with E-state index in [1.54, 1.807) is 0 Å². The second-order valence-electron chi connectivity index (χ2n) is 12.2. The predicted molar refractivity (Wildman–Crippen MR) is 112 cm³/mol. The van der Waals surface area contributed by atoms with Gasteiger partial charge in [-0.15, -0.1) is 0 Å². The number of halogens is 3. The van der Waals surface area contributed by atoms with Crippen LogP contribution in [-0.4, -0.2) is 28.1 Å². The van der Waals surface area contributed by atoms with Gasteiger partial charge in [0.15, 0.2) is 0 Å². The Hall–Kier alpha value is -0.290. The molecule has 4 rings (SSSR count). The normalized spacial score (nSPS) is 49.8. The van der Waals surface area contributed by atoms with Crippen molar-refractivity contribution in [2.45, 2.75) is 116 Å². The van der Waals surface area contributed by atoms with E-state index in [1.807, 2.05) is 6.92 Å². The maximum absolute atomic E-state index is 12.6. The van der Waals surface area contributed by atoms with Gasteiger partial charge >= 0.3 is 6.18 Å². The molecule has 4 aliphatic rings. The number of fused-ring (bicyclic) bond motifs is 5. The molecule has 2 N–H and O–H groups in total. The molecule has 0 aliphatic heterocycles. The first-order chi connectivity index (χ1) is 13.9. The van der Waals surface area contributed by atoms with Crippen LogP contribution in [0.1, 0.15) is 97.8 Å². The highest BCUT2D eigenvalue weighted by Crippen LogP contribution is 2.68. The molecule has 0 bridgehead atoms. The minimum absolute atomic E-state index is 0.160. The molecule has 0 aromatic rings. The summed E-state index contributed by atoms with van der Waals surface area (Å²) < 4.78 is 37.9. The number of alkyl halides is 3. The van der Waals surface area contributed by atoms with E-state index in [0.717, 1.165) is 43.9 Å². The molecule has 6 unspecified atom stereocenters. The zero-order valence-corrected chi connectivity index (χ0v) is 19.0. The number of hydrogen-bond acceptors (Lipinski definition) is 2. The van der Waals surface area contributed by atoms with Crippen molar-refractivity contribution in [2.24, 2.45) is 40.4 Å². The second-order valence-corrected chi connectivity index (χ2v) is 12.2. The summed E-state index contributed by atoms with van der Waals surface area (Å²) in [5.41, 5.74) is 0.106. The lowest BCUT2D eigenvalue weighted by Gasteiger charge is -2.62. The largest absolute Gasteiger partial charge is 0.414 e. The third-order valence-electron chi connectivity index (χ3n) is 10.6. The van der Waals surface area contributed by atoms with Gasteiger partial charge in [0.1, 0.15) is 6.10 Å². The van der Waals surface area contributed by atoms with Crippen molar-refractivity contribution in [3.05, 3.63) is 0 Å². The van der Waals surface area contributed by atoms with Crippen LogP contribution in [0.5, 0.6) is 0 Å². The molecule has 4 fully saturated rings. The minimum atomic E-state index is -4.49. The van der Waals surface area contributed by atoms with Gasteiger partial charge in [0.05, 0.1) is 5.60 Å². The van der Waals surface area contributed by atoms with Gasteiger partial charge in [-0.1, -0.05) is 20.3 Å². The van der Waals surface area contributed by atoms with Gasteiger partial charge in [0.2, 0.25) is 0 Å². The van der Waals surface area contributed by atoms with Crippen LogP contribution in [0.2, 0.25) is 0 Å². The zero-order valence-electron chi connectivity index (χ0n) is 19.0. The lowest BCUT2D eigenvalue weighted by molar-refractivity contribution is -0.205. The first-order valence-corrected chi connectivity index (χ1v) is 12.3. The fourth-order valence-electron chi connectivity index (χ4n) is 8.74. The van der Waals surface area contributed by atoms with Crippen molar-refractivity contribution in [1.82, 2.24) is 0 Å². The molecule has 0 saturated heterocycles. The molecule has 0 spiro atoms.